The molecule has 27 heavy (non-hydrogen) atoms. The Bertz CT molecular complexity index is 1060. The molecule has 0 fully saturated rings. The van der Waals surface area contributed by atoms with Gasteiger partial charge in [0.25, 0.3) is 0 Å². The first kappa shape index (κ1) is 18.8. The van der Waals surface area contributed by atoms with Gasteiger partial charge < -0.3 is 24.1 Å². The van der Waals surface area contributed by atoms with Crippen molar-refractivity contribution >= 4 is 11.0 Å². The van der Waals surface area contributed by atoms with Gasteiger partial charge in [-0.1, -0.05) is 0 Å². The van der Waals surface area contributed by atoms with Crippen LogP contribution in [0, 0.1) is 20.8 Å². The molecule has 0 atom stereocenters. The maximum Gasteiger partial charge on any atom is 0.200 e. The van der Waals surface area contributed by atoms with E-state index in [0.29, 0.717) is 52.6 Å². The van der Waals surface area contributed by atoms with Crippen molar-refractivity contribution < 1.29 is 24.1 Å². The molecule has 6 nitrogen and oxygen atoms in total. The average Bonchev–Trinajstić information content (AvgIpc) is 2.67. The summed E-state index contributed by atoms with van der Waals surface area (Å²) in [6, 6.07) is 6.83. The molecule has 6 heteroatoms. The van der Waals surface area contributed by atoms with E-state index in [9.17, 15) is 9.90 Å². The number of aliphatic hydroxyl groups is 1. The first-order chi connectivity index (χ1) is 13.0. The van der Waals surface area contributed by atoms with Crippen molar-refractivity contribution in [2.45, 2.75) is 20.8 Å². The lowest BCUT2D eigenvalue weighted by molar-refractivity contribution is 0.171. The van der Waals surface area contributed by atoms with E-state index in [1.165, 1.54) is 6.07 Å². The lowest BCUT2D eigenvalue weighted by Crippen LogP contribution is -2.16. The molecule has 0 aliphatic carbocycles. The van der Waals surface area contributed by atoms with Gasteiger partial charge in [0.05, 0.1) is 10.9 Å². The van der Waals surface area contributed by atoms with Gasteiger partial charge >= 0.3 is 0 Å². The first-order valence-corrected chi connectivity index (χ1v) is 8.58. The highest BCUT2D eigenvalue weighted by Gasteiger charge is 2.21. The van der Waals surface area contributed by atoms with Gasteiger partial charge in [0.15, 0.2) is 11.5 Å². The van der Waals surface area contributed by atoms with Crippen LogP contribution in [0.1, 0.15) is 16.9 Å². The fraction of sp³-hybridized carbons (Fsp3) is 0.286. The van der Waals surface area contributed by atoms with Crippen molar-refractivity contribution in [1.29, 1.82) is 0 Å². The van der Waals surface area contributed by atoms with Crippen LogP contribution in [0.15, 0.2) is 33.5 Å². The van der Waals surface area contributed by atoms with Crippen molar-refractivity contribution in [1.82, 2.24) is 0 Å². The Morgan fingerprint density at radius 1 is 0.963 bits per heavy atom. The number of phenolic OH excluding ortho intramolecular Hbond substituents is 1. The van der Waals surface area contributed by atoms with Crippen LogP contribution in [0.5, 0.6) is 17.2 Å². The second-order valence-corrected chi connectivity index (χ2v) is 6.26. The summed E-state index contributed by atoms with van der Waals surface area (Å²) >= 11 is 0. The molecule has 3 aromatic rings. The topological polar surface area (TPSA) is 89.1 Å². The molecule has 1 aliphatic rings. The predicted molar refractivity (Wildman–Crippen MR) is 103 cm³/mol. The van der Waals surface area contributed by atoms with Crippen LogP contribution in [0.4, 0.5) is 0 Å². The second kappa shape index (κ2) is 7.32. The smallest absolute Gasteiger partial charge is 0.200 e. The van der Waals surface area contributed by atoms with Gasteiger partial charge in [0, 0.05) is 12.7 Å². The van der Waals surface area contributed by atoms with Gasteiger partial charge in [0.1, 0.15) is 30.3 Å². The Morgan fingerprint density at radius 2 is 1.59 bits per heavy atom. The molecule has 1 aromatic heterocycles. The molecule has 0 bridgehead atoms. The molecule has 2 heterocycles. The largest absolute Gasteiger partial charge is 0.508 e. The molecule has 0 saturated heterocycles. The monoisotopic (exact) mass is 370 g/mol. The highest BCUT2D eigenvalue weighted by molar-refractivity contribution is 5.87. The van der Waals surface area contributed by atoms with Gasteiger partial charge in [-0.25, -0.2) is 0 Å². The third kappa shape index (κ3) is 3.13. The zero-order chi connectivity index (χ0) is 19.7. The summed E-state index contributed by atoms with van der Waals surface area (Å²) in [5.74, 6) is 1.94. The van der Waals surface area contributed by atoms with Crippen molar-refractivity contribution in [3.05, 3.63) is 51.4 Å². The molecule has 4 rings (SSSR count). The van der Waals surface area contributed by atoms with Crippen LogP contribution in [-0.4, -0.2) is 30.5 Å². The molecular weight excluding hydrogens is 348 g/mol. The Hall–Kier alpha value is -2.99. The normalized spacial score (nSPS) is 12.5. The number of phenols is 1. The Balaban J connectivity index is 0.00000102. The number of fused-ring (bicyclic) bond motifs is 2. The van der Waals surface area contributed by atoms with Crippen LogP contribution >= 0.6 is 0 Å². The summed E-state index contributed by atoms with van der Waals surface area (Å²) in [6.07, 6.45) is 0. The number of aryl methyl sites for hydroxylation is 3. The van der Waals surface area contributed by atoms with Crippen LogP contribution < -0.4 is 14.9 Å². The number of ether oxygens (including phenoxy) is 2. The van der Waals surface area contributed by atoms with Gasteiger partial charge in [-0.05, 0) is 56.2 Å². The summed E-state index contributed by atoms with van der Waals surface area (Å²) in [4.78, 5) is 13.1. The standard InChI is InChI=1S/C20H18O5.CH4O/c1-10-8-16-17(24-7-6-23-16)9-14(10)18-12(3)25-20-11(2)15(21)5-4-13(20)19(18)22;1-2/h4-5,8-9,21H,6-7H2,1-3H3;2H,1H3. The molecule has 0 unspecified atom stereocenters. The molecule has 2 aromatic carbocycles. The van der Waals surface area contributed by atoms with E-state index in [0.717, 1.165) is 18.2 Å². The molecular formula is C21H22O6. The van der Waals surface area contributed by atoms with Gasteiger partial charge in [-0.2, -0.15) is 0 Å². The summed E-state index contributed by atoms with van der Waals surface area (Å²) in [5.41, 5.74) is 3.04. The van der Waals surface area contributed by atoms with E-state index in [2.05, 4.69) is 0 Å². The Kier molecular flexibility index (Phi) is 5.10. The highest BCUT2D eigenvalue weighted by atomic mass is 16.6. The predicted octanol–water partition coefficient (Wildman–Crippen LogP) is 3.47. The van der Waals surface area contributed by atoms with E-state index in [1.807, 2.05) is 19.1 Å². The molecule has 1 aliphatic heterocycles. The van der Waals surface area contributed by atoms with Gasteiger partial charge in [-0.3, -0.25) is 4.79 Å². The summed E-state index contributed by atoms with van der Waals surface area (Å²) in [5, 5.41) is 17.3. The number of hydrogen-bond donors (Lipinski definition) is 2. The second-order valence-electron chi connectivity index (χ2n) is 6.26. The highest BCUT2D eigenvalue weighted by Crippen LogP contribution is 2.38. The molecule has 0 spiro atoms. The third-order valence-corrected chi connectivity index (χ3v) is 4.61. The maximum absolute atomic E-state index is 13.1. The van der Waals surface area contributed by atoms with Crippen LogP contribution in [-0.2, 0) is 0 Å². The number of hydrogen-bond acceptors (Lipinski definition) is 6. The van der Waals surface area contributed by atoms with Crippen molar-refractivity contribution in [3.63, 3.8) is 0 Å². The van der Waals surface area contributed by atoms with Gasteiger partial charge in [-0.15, -0.1) is 0 Å². The zero-order valence-corrected chi connectivity index (χ0v) is 15.8. The number of aliphatic hydroxyl groups excluding tert-OH is 1. The summed E-state index contributed by atoms with van der Waals surface area (Å²) < 4.78 is 17.2. The fourth-order valence-corrected chi connectivity index (χ4v) is 3.26. The molecule has 0 amide bonds. The van der Waals surface area contributed by atoms with E-state index >= 15 is 0 Å². The lowest BCUT2D eigenvalue weighted by Gasteiger charge is -2.20. The number of rotatable bonds is 1. The summed E-state index contributed by atoms with van der Waals surface area (Å²) in [7, 11) is 1.00. The maximum atomic E-state index is 13.1. The van der Waals surface area contributed by atoms with E-state index < -0.39 is 0 Å². The van der Waals surface area contributed by atoms with Crippen LogP contribution in [0.2, 0.25) is 0 Å². The van der Waals surface area contributed by atoms with E-state index in [-0.39, 0.29) is 11.2 Å². The minimum Gasteiger partial charge on any atom is -0.508 e. The fourth-order valence-electron chi connectivity index (χ4n) is 3.26. The molecule has 0 radical (unpaired) electrons. The van der Waals surface area contributed by atoms with Crippen molar-refractivity contribution in [2.75, 3.05) is 20.3 Å². The van der Waals surface area contributed by atoms with E-state index in [1.54, 1.807) is 19.9 Å². The Labute approximate surface area is 156 Å². The number of benzene rings is 2. The average molecular weight is 370 g/mol. The lowest BCUT2D eigenvalue weighted by atomic mass is 9.97. The molecule has 142 valence electrons. The zero-order valence-electron chi connectivity index (χ0n) is 15.8. The van der Waals surface area contributed by atoms with Crippen LogP contribution in [0.3, 0.4) is 0 Å². The first-order valence-electron chi connectivity index (χ1n) is 8.58. The molecule has 2 N–H and O–H groups in total. The van der Waals surface area contributed by atoms with Crippen molar-refractivity contribution in [3.8, 4) is 28.4 Å². The SMILES string of the molecule is CO.Cc1cc2c(cc1-c1c(C)oc3c(C)c(O)ccc3c1=O)OCCO2. The number of aromatic hydroxyl groups is 1. The minimum atomic E-state index is -0.123. The van der Waals surface area contributed by atoms with Crippen molar-refractivity contribution in [2.24, 2.45) is 0 Å². The van der Waals surface area contributed by atoms with E-state index in [4.69, 9.17) is 19.0 Å². The quantitative estimate of drug-likeness (QED) is 0.682. The summed E-state index contributed by atoms with van der Waals surface area (Å²) in [6.45, 7) is 6.43. The van der Waals surface area contributed by atoms with Gasteiger partial charge in [0.2, 0.25) is 5.43 Å². The minimum absolute atomic E-state index is 0.110. The van der Waals surface area contributed by atoms with Crippen LogP contribution in [0.25, 0.3) is 22.1 Å². The third-order valence-electron chi connectivity index (χ3n) is 4.61. The Morgan fingerprint density at radius 3 is 2.26 bits per heavy atom. The molecule has 0 saturated carbocycles.